The Morgan fingerprint density at radius 2 is 1.39 bits per heavy atom. The summed E-state index contributed by atoms with van der Waals surface area (Å²) in [6.45, 7) is 0. The fourth-order valence-electron chi connectivity index (χ4n) is 7.10. The van der Waals surface area contributed by atoms with Crippen LogP contribution in [0.25, 0.3) is 33.1 Å². The summed E-state index contributed by atoms with van der Waals surface area (Å²) in [5.41, 5.74) is 5.33. The third-order valence-electron chi connectivity index (χ3n) is 9.09. The van der Waals surface area contributed by atoms with Gasteiger partial charge >= 0.3 is 0 Å². The molecule has 41 heavy (non-hydrogen) atoms. The first kappa shape index (κ1) is 30.0. The fourth-order valence-corrected chi connectivity index (χ4v) is 11.3. The van der Waals surface area contributed by atoms with Gasteiger partial charge in [-0.2, -0.15) is 30.3 Å². The molecule has 2 fully saturated rings. The van der Waals surface area contributed by atoms with Gasteiger partial charge in [-0.25, -0.2) is 0 Å². The second-order valence-electron chi connectivity index (χ2n) is 11.4. The molecule has 2 aliphatic rings. The van der Waals surface area contributed by atoms with E-state index in [-0.39, 0.29) is 20.1 Å². The molecule has 3 nitrogen and oxygen atoms in total. The smallest absolute Gasteiger partial charge is 0.0978 e. The Bertz CT molecular complexity index is 1580. The first-order chi connectivity index (χ1) is 19.7. The van der Waals surface area contributed by atoms with Gasteiger partial charge in [-0.3, -0.25) is 0 Å². The van der Waals surface area contributed by atoms with Crippen molar-refractivity contribution in [1.29, 1.82) is 0 Å². The van der Waals surface area contributed by atoms with Crippen LogP contribution < -0.4 is 5.30 Å². The maximum Gasteiger partial charge on any atom is 0.0978 e. The van der Waals surface area contributed by atoms with Crippen molar-refractivity contribution in [3.63, 3.8) is 0 Å². The number of benzene rings is 3. The van der Waals surface area contributed by atoms with Crippen LogP contribution in [0.15, 0.2) is 85.1 Å². The Morgan fingerprint density at radius 1 is 0.732 bits per heavy atom. The van der Waals surface area contributed by atoms with Gasteiger partial charge in [-0.15, -0.1) is 29.1 Å². The minimum atomic E-state index is -2.28. The molecule has 0 amide bonds. The Morgan fingerprint density at radius 3 is 2.02 bits per heavy atom. The molecule has 3 aromatic carbocycles. The van der Waals surface area contributed by atoms with Crippen molar-refractivity contribution in [2.75, 3.05) is 0 Å². The van der Waals surface area contributed by atoms with Crippen LogP contribution in [0.5, 0.6) is 0 Å². The molecule has 0 atom stereocenters. The van der Waals surface area contributed by atoms with E-state index in [2.05, 4.69) is 65.1 Å². The van der Waals surface area contributed by atoms with Gasteiger partial charge < -0.3 is 14.1 Å². The minimum Gasteiger partial charge on any atom is -0.383 e. The summed E-state index contributed by atoms with van der Waals surface area (Å²) >= 11 is 0. The third kappa shape index (κ3) is 6.03. The summed E-state index contributed by atoms with van der Waals surface area (Å²) in [4.78, 5) is 4.47. The van der Waals surface area contributed by atoms with E-state index in [0.717, 1.165) is 16.6 Å². The largest absolute Gasteiger partial charge is 0.383 e. The molecule has 2 aromatic heterocycles. The molecule has 1 radical (unpaired) electrons. The van der Waals surface area contributed by atoms with Crippen LogP contribution >= 0.6 is 7.14 Å². The van der Waals surface area contributed by atoms with Crippen molar-refractivity contribution in [2.45, 2.75) is 75.5 Å². The van der Waals surface area contributed by atoms with E-state index in [1.807, 2.05) is 48.7 Å². The first-order valence-electron chi connectivity index (χ1n) is 15.0. The average molecular weight is 739 g/mol. The molecule has 0 aliphatic heterocycles. The van der Waals surface area contributed by atoms with Crippen molar-refractivity contribution in [2.24, 2.45) is 7.05 Å². The zero-order valence-electron chi connectivity index (χ0n) is 23.9. The Labute approximate surface area is 258 Å². The van der Waals surface area contributed by atoms with E-state index >= 15 is 0 Å². The molecular weight excluding hydrogens is 700 g/mol. The zero-order valence-corrected chi connectivity index (χ0v) is 27.2. The first-order valence-corrected chi connectivity index (χ1v) is 16.9. The number of hydrogen-bond donors (Lipinski definition) is 0. The number of aryl methyl sites for hydroxylation is 1. The quantitative estimate of drug-likeness (QED) is 0.136. The van der Waals surface area contributed by atoms with E-state index in [4.69, 9.17) is 0 Å². The van der Waals surface area contributed by atoms with Crippen molar-refractivity contribution in [3.8, 4) is 11.3 Å². The van der Waals surface area contributed by atoms with Crippen molar-refractivity contribution >= 4 is 34.3 Å². The molecule has 5 aromatic rings. The van der Waals surface area contributed by atoms with E-state index < -0.39 is 7.14 Å². The number of hydrogen-bond acceptors (Lipinski definition) is 2. The summed E-state index contributed by atoms with van der Waals surface area (Å²) in [5, 5.41) is 3.58. The standard InChI is InChI=1S/C18H13N2.C18H26OP.Ir/c1-20-17-11-3-2-7-13(17)14-8-6-9-15(18(14)20)16-10-4-5-12-19-16;19-20(16-10-4-1-5-11-16,17-12-6-2-7-13-17)18-14-8-3-9-15-18;/h2-8,10-12H,1H3;1,4-5,10,17-18H,2-3,6-9,12-15H2;/q2*-1;. The van der Waals surface area contributed by atoms with E-state index in [1.165, 1.54) is 86.0 Å². The zero-order chi connectivity index (χ0) is 27.4. The predicted molar refractivity (Wildman–Crippen MR) is 169 cm³/mol. The van der Waals surface area contributed by atoms with Crippen LogP contribution in [-0.4, -0.2) is 20.9 Å². The van der Waals surface area contributed by atoms with Gasteiger partial charge in [-0.05, 0) is 54.4 Å². The van der Waals surface area contributed by atoms with Gasteiger partial charge in [0.15, 0.2) is 0 Å². The normalized spacial score (nSPS) is 16.6. The maximum atomic E-state index is 14.1. The van der Waals surface area contributed by atoms with E-state index in [1.54, 1.807) is 0 Å². The predicted octanol–water partition coefficient (Wildman–Crippen LogP) is 9.33. The second kappa shape index (κ2) is 13.6. The summed E-state index contributed by atoms with van der Waals surface area (Å²) in [6, 6.07) is 33.3. The molecule has 0 spiro atoms. The number of aromatic nitrogens is 2. The molecule has 0 bridgehead atoms. The molecule has 0 N–H and O–H groups in total. The molecule has 215 valence electrons. The number of para-hydroxylation sites is 1. The molecule has 0 unspecified atom stereocenters. The van der Waals surface area contributed by atoms with Gasteiger partial charge in [0.2, 0.25) is 0 Å². The summed E-state index contributed by atoms with van der Waals surface area (Å²) in [7, 11) is -0.176. The number of fused-ring (bicyclic) bond motifs is 3. The summed E-state index contributed by atoms with van der Waals surface area (Å²) in [5.74, 6) is 0. The molecule has 2 aliphatic carbocycles. The van der Waals surface area contributed by atoms with Gasteiger partial charge in [0, 0.05) is 50.2 Å². The Kier molecular flexibility index (Phi) is 9.97. The molecule has 7 rings (SSSR count). The van der Waals surface area contributed by atoms with Crippen LogP contribution in [0.4, 0.5) is 0 Å². The van der Waals surface area contributed by atoms with Gasteiger partial charge in [0.05, 0.1) is 7.14 Å². The fraction of sp³-hybridized carbons (Fsp3) is 0.361. The van der Waals surface area contributed by atoms with Crippen molar-refractivity contribution < 1.29 is 24.7 Å². The molecular formula is C36H39IrN2OP-2. The van der Waals surface area contributed by atoms with E-state index in [0.29, 0.717) is 11.3 Å². The van der Waals surface area contributed by atoms with Crippen LogP contribution in [0.2, 0.25) is 0 Å². The Hall–Kier alpha value is -2.51. The molecule has 2 saturated carbocycles. The van der Waals surface area contributed by atoms with Gasteiger partial charge in [-0.1, -0.05) is 74.2 Å². The maximum absolute atomic E-state index is 14.1. The molecule has 5 heteroatoms. The minimum absolute atomic E-state index is 0. The van der Waals surface area contributed by atoms with E-state index in [9.17, 15) is 4.57 Å². The summed E-state index contributed by atoms with van der Waals surface area (Å²) < 4.78 is 16.3. The second-order valence-corrected chi connectivity index (χ2v) is 14.8. The van der Waals surface area contributed by atoms with Crippen LogP contribution in [0.3, 0.4) is 0 Å². The Balaban J connectivity index is 0.000000161. The SMILES string of the molecule is Cn1c2ccccc2c2cc[c-]c(-c3ccccn3)c21.O=P(c1[c-]cccc1)(C1CCCCC1)C1CCCCC1.[Ir]. The number of rotatable bonds is 4. The van der Waals surface area contributed by atoms with Crippen LogP contribution in [-0.2, 0) is 31.7 Å². The topological polar surface area (TPSA) is 34.9 Å². The third-order valence-corrected chi connectivity index (χ3v) is 13.3. The average Bonchev–Trinajstić information content (AvgIpc) is 3.34. The van der Waals surface area contributed by atoms with Gasteiger partial charge in [0.25, 0.3) is 0 Å². The van der Waals surface area contributed by atoms with Crippen molar-refractivity contribution in [1.82, 2.24) is 9.55 Å². The van der Waals surface area contributed by atoms with Crippen LogP contribution in [0.1, 0.15) is 64.2 Å². The summed E-state index contributed by atoms with van der Waals surface area (Å²) in [6.07, 6.45) is 14.3. The van der Waals surface area contributed by atoms with Gasteiger partial charge in [0.1, 0.15) is 0 Å². The molecule has 2 heterocycles. The van der Waals surface area contributed by atoms with Crippen molar-refractivity contribution in [3.05, 3.63) is 97.2 Å². The monoisotopic (exact) mass is 739 g/mol. The number of pyridine rings is 1. The number of nitrogens with zero attached hydrogens (tertiary/aromatic N) is 2. The molecule has 0 saturated heterocycles. The van der Waals surface area contributed by atoms with Crippen LogP contribution in [0, 0.1) is 12.1 Å².